The first-order valence-corrected chi connectivity index (χ1v) is 5.87. The molecule has 19 heavy (non-hydrogen) atoms. The van der Waals surface area contributed by atoms with Crippen LogP contribution in [0.3, 0.4) is 0 Å². The summed E-state index contributed by atoms with van der Waals surface area (Å²) in [5.74, 6) is -0.865. The van der Waals surface area contributed by atoms with Crippen LogP contribution in [0.25, 0.3) is 0 Å². The van der Waals surface area contributed by atoms with Crippen LogP contribution < -0.4 is 10.1 Å². The summed E-state index contributed by atoms with van der Waals surface area (Å²) in [4.78, 5) is 11.9. The highest BCUT2D eigenvalue weighted by atomic mass is 19.1. The third-order valence-corrected chi connectivity index (χ3v) is 2.71. The number of ketones is 1. The standard InChI is InChI=1S/C15H14FNO2/c1-19-14-9-5-8-12(15(14)16)13(18)10-17-11-6-3-2-4-7-11/h2-9,17H,10H2,1H3. The normalized spacial score (nSPS) is 10.0. The predicted molar refractivity (Wildman–Crippen MR) is 72.2 cm³/mol. The lowest BCUT2D eigenvalue weighted by molar-refractivity contribution is 0.100. The first kappa shape index (κ1) is 13.1. The van der Waals surface area contributed by atoms with Gasteiger partial charge in [0.2, 0.25) is 0 Å². The molecule has 0 spiro atoms. The van der Waals surface area contributed by atoms with Crippen LogP contribution in [-0.2, 0) is 0 Å². The number of anilines is 1. The maximum Gasteiger partial charge on any atom is 0.184 e. The molecule has 0 amide bonds. The third-order valence-electron chi connectivity index (χ3n) is 2.71. The molecule has 0 saturated heterocycles. The van der Waals surface area contributed by atoms with E-state index in [0.717, 1.165) is 5.69 Å². The monoisotopic (exact) mass is 259 g/mol. The molecule has 0 unspecified atom stereocenters. The molecule has 0 aromatic heterocycles. The first-order chi connectivity index (χ1) is 9.22. The van der Waals surface area contributed by atoms with Gasteiger partial charge in [0, 0.05) is 5.69 Å². The molecule has 0 bridgehead atoms. The molecule has 0 radical (unpaired) electrons. The fraction of sp³-hybridized carbons (Fsp3) is 0.133. The van der Waals surface area contributed by atoms with Crippen LogP contribution in [0.2, 0.25) is 0 Å². The number of nitrogens with one attached hydrogen (secondary N) is 1. The van der Waals surface area contributed by atoms with Crippen LogP contribution in [0.1, 0.15) is 10.4 Å². The zero-order chi connectivity index (χ0) is 13.7. The molecule has 0 heterocycles. The van der Waals surface area contributed by atoms with E-state index in [2.05, 4.69) is 5.32 Å². The largest absolute Gasteiger partial charge is 0.494 e. The molecule has 0 aliphatic heterocycles. The smallest absolute Gasteiger partial charge is 0.184 e. The number of halogens is 1. The summed E-state index contributed by atoms with van der Waals surface area (Å²) in [6, 6.07) is 13.8. The SMILES string of the molecule is COc1cccc(C(=O)CNc2ccccc2)c1F. The molecule has 0 saturated carbocycles. The van der Waals surface area contributed by atoms with Gasteiger partial charge in [0.15, 0.2) is 17.3 Å². The van der Waals surface area contributed by atoms with Crippen LogP contribution in [-0.4, -0.2) is 19.4 Å². The molecular weight excluding hydrogens is 245 g/mol. The van der Waals surface area contributed by atoms with E-state index < -0.39 is 5.82 Å². The van der Waals surface area contributed by atoms with E-state index in [1.807, 2.05) is 30.3 Å². The molecule has 2 rings (SSSR count). The van der Waals surface area contributed by atoms with Crippen molar-refractivity contribution in [2.24, 2.45) is 0 Å². The Kier molecular flexibility index (Phi) is 4.13. The minimum absolute atomic E-state index is 0.0304. The van der Waals surface area contributed by atoms with Crippen molar-refractivity contribution in [3.63, 3.8) is 0 Å². The van der Waals surface area contributed by atoms with Crippen molar-refractivity contribution >= 4 is 11.5 Å². The van der Waals surface area contributed by atoms with Gasteiger partial charge in [-0.25, -0.2) is 4.39 Å². The van der Waals surface area contributed by atoms with Gasteiger partial charge >= 0.3 is 0 Å². The third kappa shape index (κ3) is 3.10. The molecular formula is C15H14FNO2. The first-order valence-electron chi connectivity index (χ1n) is 5.87. The van der Waals surface area contributed by atoms with Crippen LogP contribution in [0, 0.1) is 5.82 Å². The van der Waals surface area contributed by atoms with Gasteiger partial charge in [-0.3, -0.25) is 4.79 Å². The Labute approximate surface area is 111 Å². The Bertz CT molecular complexity index is 570. The Morgan fingerprint density at radius 1 is 1.16 bits per heavy atom. The number of hydrogen-bond donors (Lipinski definition) is 1. The fourth-order valence-electron chi connectivity index (χ4n) is 1.72. The highest BCUT2D eigenvalue weighted by molar-refractivity contribution is 5.99. The molecule has 0 atom stereocenters. The number of rotatable bonds is 5. The van der Waals surface area contributed by atoms with Gasteiger partial charge in [0.05, 0.1) is 19.2 Å². The lowest BCUT2D eigenvalue weighted by atomic mass is 10.1. The average molecular weight is 259 g/mol. The van der Waals surface area contributed by atoms with Crippen molar-refractivity contribution in [2.45, 2.75) is 0 Å². The molecule has 2 aromatic carbocycles. The van der Waals surface area contributed by atoms with Crippen LogP contribution in [0.5, 0.6) is 5.75 Å². The molecule has 4 heteroatoms. The Morgan fingerprint density at radius 3 is 2.58 bits per heavy atom. The summed E-state index contributed by atoms with van der Waals surface area (Å²) in [7, 11) is 1.37. The minimum Gasteiger partial charge on any atom is -0.494 e. The van der Waals surface area contributed by atoms with Crippen molar-refractivity contribution < 1.29 is 13.9 Å². The molecule has 1 N–H and O–H groups in total. The zero-order valence-electron chi connectivity index (χ0n) is 10.5. The zero-order valence-corrected chi connectivity index (χ0v) is 10.5. The lowest BCUT2D eigenvalue weighted by Crippen LogP contribution is -2.15. The maximum absolute atomic E-state index is 13.9. The number of ether oxygens (including phenoxy) is 1. The number of hydrogen-bond acceptors (Lipinski definition) is 3. The van der Waals surface area contributed by atoms with Crippen LogP contribution in [0.4, 0.5) is 10.1 Å². The van der Waals surface area contributed by atoms with E-state index in [1.54, 1.807) is 6.07 Å². The van der Waals surface area contributed by atoms with Gasteiger partial charge in [0.1, 0.15) is 0 Å². The van der Waals surface area contributed by atoms with Crippen molar-refractivity contribution in [3.8, 4) is 5.75 Å². The number of carbonyl (C=O) groups is 1. The van der Waals surface area contributed by atoms with Gasteiger partial charge in [-0.15, -0.1) is 0 Å². The van der Waals surface area contributed by atoms with Crippen molar-refractivity contribution in [3.05, 3.63) is 59.9 Å². The molecule has 2 aromatic rings. The summed E-state index contributed by atoms with van der Waals surface area (Å²) in [5, 5.41) is 2.95. The summed E-state index contributed by atoms with van der Waals surface area (Å²) < 4.78 is 18.7. The van der Waals surface area contributed by atoms with E-state index in [4.69, 9.17) is 4.74 Å². The molecule has 0 fully saturated rings. The van der Waals surface area contributed by atoms with Gasteiger partial charge < -0.3 is 10.1 Å². The van der Waals surface area contributed by atoms with Crippen LogP contribution in [0.15, 0.2) is 48.5 Å². The van der Waals surface area contributed by atoms with Crippen molar-refractivity contribution in [1.82, 2.24) is 0 Å². The molecule has 98 valence electrons. The Hall–Kier alpha value is -2.36. The van der Waals surface area contributed by atoms with E-state index in [-0.39, 0.29) is 23.6 Å². The molecule has 0 aliphatic rings. The van der Waals surface area contributed by atoms with Crippen molar-refractivity contribution in [1.29, 1.82) is 0 Å². The summed E-state index contributed by atoms with van der Waals surface area (Å²) in [5.41, 5.74) is 0.849. The van der Waals surface area contributed by atoms with E-state index in [0.29, 0.717) is 0 Å². The second-order valence-electron chi connectivity index (χ2n) is 3.96. The lowest BCUT2D eigenvalue weighted by Gasteiger charge is -2.08. The highest BCUT2D eigenvalue weighted by Gasteiger charge is 2.14. The topological polar surface area (TPSA) is 38.3 Å². The average Bonchev–Trinajstić information content (AvgIpc) is 2.46. The molecule has 3 nitrogen and oxygen atoms in total. The van der Waals surface area contributed by atoms with Crippen LogP contribution >= 0.6 is 0 Å². The van der Waals surface area contributed by atoms with E-state index in [1.165, 1.54) is 19.2 Å². The second kappa shape index (κ2) is 6.00. The number of Topliss-reactive ketones (excluding diaryl/α,β-unsaturated/α-hetero) is 1. The second-order valence-corrected chi connectivity index (χ2v) is 3.96. The summed E-state index contributed by atoms with van der Waals surface area (Å²) in [6.45, 7) is 0.0358. The predicted octanol–water partition coefficient (Wildman–Crippen LogP) is 3.13. The molecule has 0 aliphatic carbocycles. The van der Waals surface area contributed by atoms with Gasteiger partial charge in [-0.1, -0.05) is 24.3 Å². The maximum atomic E-state index is 13.9. The fourth-order valence-corrected chi connectivity index (χ4v) is 1.72. The minimum atomic E-state index is -0.620. The quantitative estimate of drug-likeness (QED) is 0.838. The van der Waals surface area contributed by atoms with E-state index >= 15 is 0 Å². The van der Waals surface area contributed by atoms with Gasteiger partial charge in [-0.05, 0) is 24.3 Å². The van der Waals surface area contributed by atoms with Gasteiger partial charge in [-0.2, -0.15) is 0 Å². The Morgan fingerprint density at radius 2 is 1.89 bits per heavy atom. The Balaban J connectivity index is 2.08. The number of methoxy groups -OCH3 is 1. The highest BCUT2D eigenvalue weighted by Crippen LogP contribution is 2.20. The number of para-hydroxylation sites is 1. The summed E-state index contributed by atoms with van der Waals surface area (Å²) >= 11 is 0. The van der Waals surface area contributed by atoms with Crippen molar-refractivity contribution in [2.75, 3.05) is 19.0 Å². The van der Waals surface area contributed by atoms with E-state index in [9.17, 15) is 9.18 Å². The summed E-state index contributed by atoms with van der Waals surface area (Å²) in [6.07, 6.45) is 0. The van der Waals surface area contributed by atoms with Gasteiger partial charge in [0.25, 0.3) is 0 Å². The number of benzene rings is 2. The number of carbonyl (C=O) groups excluding carboxylic acids is 1.